The highest BCUT2D eigenvalue weighted by Crippen LogP contribution is 2.27. The van der Waals surface area contributed by atoms with E-state index in [2.05, 4.69) is 9.44 Å². The average Bonchev–Trinajstić information content (AvgIpc) is 3.15. The summed E-state index contributed by atoms with van der Waals surface area (Å²) in [6.45, 7) is 1.69. The lowest BCUT2D eigenvalue weighted by molar-refractivity contribution is -0.121. The molecule has 182 valence electrons. The van der Waals surface area contributed by atoms with Crippen LogP contribution in [0.3, 0.4) is 0 Å². The zero-order valence-corrected chi connectivity index (χ0v) is 20.7. The molecule has 3 aromatic carbocycles. The summed E-state index contributed by atoms with van der Waals surface area (Å²) in [7, 11) is -7.94. The molecule has 3 aromatic rings. The van der Waals surface area contributed by atoms with Gasteiger partial charge in [0.1, 0.15) is 0 Å². The molecule has 1 saturated heterocycles. The van der Waals surface area contributed by atoms with E-state index in [-0.39, 0.29) is 40.1 Å². The summed E-state index contributed by atoms with van der Waals surface area (Å²) in [6.07, 6.45) is 0.251. The average molecular weight is 534 g/mol. The fourth-order valence-corrected chi connectivity index (χ4v) is 5.83. The number of nitrogens with one attached hydrogen (secondary N) is 2. The molecule has 4 rings (SSSR count). The van der Waals surface area contributed by atoms with Crippen molar-refractivity contribution in [3.63, 3.8) is 0 Å². The van der Waals surface area contributed by atoms with Crippen LogP contribution in [0.4, 0.5) is 17.1 Å². The fourth-order valence-electron chi connectivity index (χ4n) is 3.48. The normalized spacial score (nSPS) is 14.3. The number of carbonyl (C=O) groups is 2. The van der Waals surface area contributed by atoms with Gasteiger partial charge in [-0.3, -0.25) is 23.9 Å². The lowest BCUT2D eigenvalue weighted by Gasteiger charge is -2.15. The molecule has 12 heteroatoms. The molecule has 2 N–H and O–H groups in total. The van der Waals surface area contributed by atoms with Crippen molar-refractivity contribution in [2.24, 2.45) is 0 Å². The second kappa shape index (κ2) is 9.33. The summed E-state index contributed by atoms with van der Waals surface area (Å²) in [5.74, 6) is -0.669. The molecule has 1 aliphatic heterocycles. The highest BCUT2D eigenvalue weighted by Gasteiger charge is 2.30. The van der Waals surface area contributed by atoms with Crippen molar-refractivity contribution in [3.8, 4) is 0 Å². The largest absolute Gasteiger partial charge is 0.280 e. The zero-order valence-electron chi connectivity index (χ0n) is 18.4. The maximum atomic E-state index is 12.8. The molecule has 0 aromatic heterocycles. The van der Waals surface area contributed by atoms with Crippen molar-refractivity contribution < 1.29 is 26.4 Å². The van der Waals surface area contributed by atoms with Crippen molar-refractivity contribution in [2.75, 3.05) is 14.3 Å². The van der Waals surface area contributed by atoms with Crippen LogP contribution in [0, 0.1) is 6.92 Å². The Morgan fingerprint density at radius 2 is 1.26 bits per heavy atom. The monoisotopic (exact) mass is 533 g/mol. The number of hydrogen-bond donors (Lipinski definition) is 2. The molecule has 0 spiro atoms. The van der Waals surface area contributed by atoms with Crippen LogP contribution < -0.4 is 14.3 Å². The van der Waals surface area contributed by atoms with Crippen LogP contribution in [0.5, 0.6) is 0 Å². The quantitative estimate of drug-likeness (QED) is 0.443. The van der Waals surface area contributed by atoms with Gasteiger partial charge in [-0.15, -0.1) is 0 Å². The van der Waals surface area contributed by atoms with Gasteiger partial charge in [0, 0.05) is 23.6 Å². The van der Waals surface area contributed by atoms with Crippen LogP contribution in [-0.4, -0.2) is 28.6 Å². The number of rotatable bonds is 7. The topological polar surface area (TPSA) is 130 Å². The smallest absolute Gasteiger partial charge is 0.261 e. The summed E-state index contributed by atoms with van der Waals surface area (Å²) in [5.41, 5.74) is 1.36. The van der Waals surface area contributed by atoms with Crippen LogP contribution in [0.25, 0.3) is 0 Å². The molecule has 1 fully saturated rings. The summed E-state index contributed by atoms with van der Waals surface area (Å²) in [4.78, 5) is 24.6. The zero-order chi connectivity index (χ0) is 25.4. The van der Waals surface area contributed by atoms with Crippen LogP contribution in [0.1, 0.15) is 18.4 Å². The van der Waals surface area contributed by atoms with E-state index in [0.717, 1.165) is 4.90 Å². The number of carbonyl (C=O) groups excluding carboxylic acids is 2. The first-order valence-electron chi connectivity index (χ1n) is 10.3. The van der Waals surface area contributed by atoms with Gasteiger partial charge in [0.15, 0.2) is 0 Å². The maximum Gasteiger partial charge on any atom is 0.261 e. The molecule has 0 unspecified atom stereocenters. The number of hydrogen-bond acceptors (Lipinski definition) is 6. The minimum Gasteiger partial charge on any atom is -0.280 e. The van der Waals surface area contributed by atoms with Gasteiger partial charge in [0.2, 0.25) is 11.8 Å². The number of halogens is 1. The molecular weight excluding hydrogens is 514 g/mol. The van der Waals surface area contributed by atoms with Gasteiger partial charge in [-0.25, -0.2) is 16.8 Å². The standard InChI is InChI=1S/C23H20ClN3O6S2/c1-15-20(24)3-2-4-21(15)26-35(32,33)18-9-5-16(6-10-18)25-34(30,31)19-11-7-17(8-12-19)27-22(28)13-14-23(27)29/h2-12,25-26H,13-14H2,1H3. The number of benzene rings is 3. The van der Waals surface area contributed by atoms with E-state index in [1.54, 1.807) is 25.1 Å². The molecule has 35 heavy (non-hydrogen) atoms. The fraction of sp³-hybridized carbons (Fsp3) is 0.130. The van der Waals surface area contributed by atoms with Gasteiger partial charge in [-0.2, -0.15) is 0 Å². The van der Waals surface area contributed by atoms with E-state index in [0.29, 0.717) is 22.0 Å². The molecule has 9 nitrogen and oxygen atoms in total. The maximum absolute atomic E-state index is 12.8. The number of imide groups is 1. The predicted octanol–water partition coefficient (Wildman–Crippen LogP) is 3.90. The third kappa shape index (κ3) is 5.16. The second-order valence-electron chi connectivity index (χ2n) is 7.76. The van der Waals surface area contributed by atoms with Crippen molar-refractivity contribution in [1.82, 2.24) is 0 Å². The Morgan fingerprint density at radius 1 is 0.743 bits per heavy atom. The summed E-state index contributed by atoms with van der Waals surface area (Å²) in [5, 5.41) is 0.418. The van der Waals surface area contributed by atoms with Crippen LogP contribution in [0.2, 0.25) is 5.02 Å². The van der Waals surface area contributed by atoms with Gasteiger partial charge in [-0.1, -0.05) is 17.7 Å². The third-order valence-electron chi connectivity index (χ3n) is 5.39. The molecular formula is C23H20ClN3O6S2. The highest BCUT2D eigenvalue weighted by molar-refractivity contribution is 7.93. The molecule has 1 aliphatic rings. The Labute approximate surface area is 207 Å². The molecule has 0 atom stereocenters. The van der Waals surface area contributed by atoms with Crippen LogP contribution in [-0.2, 0) is 29.6 Å². The van der Waals surface area contributed by atoms with Crippen molar-refractivity contribution in [3.05, 3.63) is 77.3 Å². The summed E-state index contributed by atoms with van der Waals surface area (Å²) in [6, 6.07) is 15.4. The highest BCUT2D eigenvalue weighted by atomic mass is 35.5. The van der Waals surface area contributed by atoms with Gasteiger partial charge in [0.05, 0.1) is 21.2 Å². The molecule has 1 heterocycles. The molecule has 2 amide bonds. The minimum absolute atomic E-state index is 0.0656. The number of amides is 2. The number of nitrogens with zero attached hydrogens (tertiary/aromatic N) is 1. The lowest BCUT2D eigenvalue weighted by atomic mass is 10.2. The van der Waals surface area contributed by atoms with Gasteiger partial charge < -0.3 is 0 Å². The Morgan fingerprint density at radius 3 is 1.83 bits per heavy atom. The van der Waals surface area contributed by atoms with E-state index in [1.807, 2.05) is 0 Å². The predicted molar refractivity (Wildman–Crippen MR) is 132 cm³/mol. The molecule has 0 bridgehead atoms. The van der Waals surface area contributed by atoms with Gasteiger partial charge >= 0.3 is 0 Å². The first-order valence-corrected chi connectivity index (χ1v) is 13.7. The van der Waals surface area contributed by atoms with E-state index >= 15 is 0 Å². The Bertz CT molecular complexity index is 1500. The summed E-state index contributed by atoms with van der Waals surface area (Å²) >= 11 is 6.04. The van der Waals surface area contributed by atoms with Crippen molar-refractivity contribution in [1.29, 1.82) is 0 Å². The van der Waals surface area contributed by atoms with E-state index in [4.69, 9.17) is 11.6 Å². The third-order valence-corrected chi connectivity index (χ3v) is 8.57. The van der Waals surface area contributed by atoms with Crippen LogP contribution in [0.15, 0.2) is 76.5 Å². The first-order chi connectivity index (χ1) is 16.5. The summed E-state index contributed by atoms with van der Waals surface area (Å²) < 4.78 is 55.8. The Kier molecular flexibility index (Phi) is 6.58. The molecule has 0 saturated carbocycles. The molecule has 0 aliphatic carbocycles. The van der Waals surface area contributed by atoms with Gasteiger partial charge in [0.25, 0.3) is 20.0 Å². The lowest BCUT2D eigenvalue weighted by Crippen LogP contribution is -2.28. The second-order valence-corrected chi connectivity index (χ2v) is 11.5. The Balaban J connectivity index is 1.49. The van der Waals surface area contributed by atoms with Crippen molar-refractivity contribution in [2.45, 2.75) is 29.6 Å². The van der Waals surface area contributed by atoms with E-state index in [1.165, 1.54) is 48.5 Å². The van der Waals surface area contributed by atoms with E-state index in [9.17, 15) is 26.4 Å². The SMILES string of the molecule is Cc1c(Cl)cccc1NS(=O)(=O)c1ccc(NS(=O)(=O)c2ccc(N3C(=O)CCC3=O)cc2)cc1. The van der Waals surface area contributed by atoms with Crippen molar-refractivity contribution >= 4 is 60.5 Å². The minimum atomic E-state index is -4.01. The number of anilines is 3. The number of sulfonamides is 2. The molecule has 0 radical (unpaired) electrons. The van der Waals surface area contributed by atoms with Crippen LogP contribution >= 0.6 is 11.6 Å². The first kappa shape index (κ1) is 24.7. The van der Waals surface area contributed by atoms with E-state index < -0.39 is 20.0 Å². The van der Waals surface area contributed by atoms with Gasteiger partial charge in [-0.05, 0) is 73.2 Å². The Hall–Kier alpha value is -3.41.